The molecule has 2 aromatic rings. The fourth-order valence-corrected chi connectivity index (χ4v) is 3.71. The van der Waals surface area contributed by atoms with Gasteiger partial charge in [-0.05, 0) is 57.0 Å². The summed E-state index contributed by atoms with van der Waals surface area (Å²) in [6.45, 7) is 1.42. The van der Waals surface area contributed by atoms with Crippen LogP contribution in [0.25, 0.3) is 0 Å². The zero-order valence-corrected chi connectivity index (χ0v) is 18.4. The molecule has 0 unspecified atom stereocenters. The predicted molar refractivity (Wildman–Crippen MR) is 114 cm³/mol. The molecule has 0 spiro atoms. The average molecular weight is 431 g/mol. The van der Waals surface area contributed by atoms with Crippen LogP contribution >= 0.6 is 0 Å². The minimum atomic E-state index is -3.80. The molecule has 1 N–H and O–H groups in total. The molecule has 0 aromatic heterocycles. The molecular weight excluding hydrogens is 404 g/mol. The van der Waals surface area contributed by atoms with Crippen LogP contribution in [0.5, 0.6) is 5.75 Å². The molecule has 0 heterocycles. The van der Waals surface area contributed by atoms with E-state index in [1.54, 1.807) is 35.2 Å². The van der Waals surface area contributed by atoms with E-state index in [0.717, 1.165) is 5.56 Å². The number of sulfonamides is 1. The van der Waals surface area contributed by atoms with Crippen LogP contribution in [0.15, 0.2) is 47.4 Å². The molecule has 0 atom stereocenters. The Bertz CT molecular complexity index is 1030. The first-order chi connectivity index (χ1) is 14.2. The Labute approximate surface area is 177 Å². The first kappa shape index (κ1) is 23.3. The Balaban J connectivity index is 2.39. The highest BCUT2D eigenvalue weighted by Crippen LogP contribution is 2.25. The number of carbonyl (C=O) groups excluding carboxylic acids is 1. The van der Waals surface area contributed by atoms with Crippen molar-refractivity contribution in [3.8, 4) is 11.8 Å². The molecule has 1 amide bonds. The largest absolute Gasteiger partial charge is 0.495 e. The molecule has 30 heavy (non-hydrogen) atoms. The number of likely N-dealkylation sites (N-methyl/N-ethyl adjacent to an activating group) is 1. The number of carbonyl (C=O) groups is 1. The van der Waals surface area contributed by atoms with Crippen molar-refractivity contribution in [2.75, 3.05) is 41.3 Å². The summed E-state index contributed by atoms with van der Waals surface area (Å²) in [6.07, 6.45) is 0. The van der Waals surface area contributed by atoms with E-state index in [4.69, 9.17) is 10.00 Å². The summed E-state index contributed by atoms with van der Waals surface area (Å²) in [6, 6.07) is 13.4. The van der Waals surface area contributed by atoms with Crippen molar-refractivity contribution >= 4 is 15.9 Å². The SMILES string of the molecule is CNS(=O)(=O)c1cc(C(=O)N(CCN(C)C)Cc2ccc(C#N)cc2)ccc1OC. The number of benzene rings is 2. The van der Waals surface area contributed by atoms with Crippen molar-refractivity contribution < 1.29 is 17.9 Å². The number of nitrogens with zero attached hydrogens (tertiary/aromatic N) is 3. The van der Waals surface area contributed by atoms with Gasteiger partial charge < -0.3 is 14.5 Å². The van der Waals surface area contributed by atoms with Crippen molar-refractivity contribution in [1.29, 1.82) is 5.26 Å². The summed E-state index contributed by atoms with van der Waals surface area (Å²) in [5.41, 5.74) is 1.66. The molecule has 0 saturated carbocycles. The monoisotopic (exact) mass is 430 g/mol. The lowest BCUT2D eigenvalue weighted by molar-refractivity contribution is 0.0731. The van der Waals surface area contributed by atoms with Gasteiger partial charge in [0.05, 0.1) is 18.7 Å². The standard InChI is InChI=1S/C21H26N4O4S/c1-23-30(27,28)20-13-18(9-10-19(20)29-4)21(26)25(12-11-24(2)3)15-17-7-5-16(14-22)6-8-17/h5-10,13,23H,11-12,15H2,1-4H3. The topological polar surface area (TPSA) is 103 Å². The first-order valence-corrected chi connectivity index (χ1v) is 10.7. The third-order valence-electron chi connectivity index (χ3n) is 4.53. The van der Waals surface area contributed by atoms with E-state index in [9.17, 15) is 13.2 Å². The summed E-state index contributed by atoms with van der Waals surface area (Å²) in [4.78, 5) is 16.8. The highest BCUT2D eigenvalue weighted by Gasteiger charge is 2.23. The zero-order valence-electron chi connectivity index (χ0n) is 17.5. The molecule has 0 radical (unpaired) electrons. The zero-order chi connectivity index (χ0) is 22.3. The van der Waals surface area contributed by atoms with Crippen LogP contribution in [-0.4, -0.2) is 65.5 Å². The molecule has 0 aliphatic carbocycles. The fourth-order valence-electron chi connectivity index (χ4n) is 2.79. The van der Waals surface area contributed by atoms with Crippen molar-refractivity contribution in [3.63, 3.8) is 0 Å². The van der Waals surface area contributed by atoms with E-state index in [1.807, 2.05) is 19.0 Å². The van der Waals surface area contributed by atoms with Crippen LogP contribution in [0.3, 0.4) is 0 Å². The average Bonchev–Trinajstić information content (AvgIpc) is 2.75. The van der Waals surface area contributed by atoms with Gasteiger partial charge in [-0.15, -0.1) is 0 Å². The summed E-state index contributed by atoms with van der Waals surface area (Å²) in [7, 11) is 2.70. The van der Waals surface area contributed by atoms with Crippen molar-refractivity contribution in [1.82, 2.24) is 14.5 Å². The third-order valence-corrected chi connectivity index (χ3v) is 5.97. The van der Waals surface area contributed by atoms with Gasteiger partial charge in [0.2, 0.25) is 10.0 Å². The summed E-state index contributed by atoms with van der Waals surface area (Å²) >= 11 is 0. The van der Waals surface area contributed by atoms with E-state index in [0.29, 0.717) is 25.2 Å². The number of rotatable bonds is 9. The molecule has 0 saturated heterocycles. The maximum absolute atomic E-state index is 13.3. The van der Waals surface area contributed by atoms with Crippen molar-refractivity contribution in [3.05, 3.63) is 59.2 Å². The summed E-state index contributed by atoms with van der Waals surface area (Å²) in [5, 5.41) is 8.96. The van der Waals surface area contributed by atoms with Crippen molar-refractivity contribution in [2.24, 2.45) is 0 Å². The normalized spacial score (nSPS) is 11.2. The number of hydrogen-bond acceptors (Lipinski definition) is 6. The number of nitriles is 1. The number of hydrogen-bond donors (Lipinski definition) is 1. The molecular formula is C21H26N4O4S. The Hall–Kier alpha value is -2.93. The molecule has 0 aliphatic heterocycles. The van der Waals surface area contributed by atoms with E-state index >= 15 is 0 Å². The lowest BCUT2D eigenvalue weighted by Gasteiger charge is -2.25. The van der Waals surface area contributed by atoms with Gasteiger partial charge in [0, 0.05) is 25.2 Å². The van der Waals surface area contributed by atoms with Gasteiger partial charge in [0.15, 0.2) is 0 Å². The van der Waals surface area contributed by atoms with E-state index in [2.05, 4.69) is 10.8 Å². The first-order valence-electron chi connectivity index (χ1n) is 9.26. The second-order valence-corrected chi connectivity index (χ2v) is 8.77. The maximum Gasteiger partial charge on any atom is 0.254 e. The maximum atomic E-state index is 13.3. The molecule has 160 valence electrons. The second-order valence-electron chi connectivity index (χ2n) is 6.91. The highest BCUT2D eigenvalue weighted by molar-refractivity contribution is 7.89. The van der Waals surface area contributed by atoms with Crippen LogP contribution in [-0.2, 0) is 16.6 Å². The molecule has 0 bridgehead atoms. The van der Waals surface area contributed by atoms with Crippen molar-refractivity contribution in [2.45, 2.75) is 11.4 Å². The number of methoxy groups -OCH3 is 1. The smallest absolute Gasteiger partial charge is 0.254 e. The third kappa shape index (κ3) is 5.79. The lowest BCUT2D eigenvalue weighted by Crippen LogP contribution is -2.36. The van der Waals surface area contributed by atoms with Gasteiger partial charge >= 0.3 is 0 Å². The Morgan fingerprint density at radius 3 is 2.33 bits per heavy atom. The molecule has 0 aliphatic rings. The van der Waals surface area contributed by atoms with Crippen LogP contribution in [0, 0.1) is 11.3 Å². The molecule has 2 rings (SSSR count). The Kier molecular flexibility index (Phi) is 7.94. The molecule has 8 nitrogen and oxygen atoms in total. The minimum absolute atomic E-state index is 0.0933. The van der Waals surface area contributed by atoms with Crippen LogP contribution in [0.4, 0.5) is 0 Å². The predicted octanol–water partition coefficient (Wildman–Crippen LogP) is 1.68. The molecule has 0 fully saturated rings. The quantitative estimate of drug-likeness (QED) is 0.649. The second kappa shape index (κ2) is 10.2. The fraction of sp³-hybridized carbons (Fsp3) is 0.333. The molecule has 9 heteroatoms. The van der Waals surface area contributed by atoms with E-state index < -0.39 is 10.0 Å². The van der Waals surface area contributed by atoms with Gasteiger partial charge in [-0.25, -0.2) is 13.1 Å². The van der Waals surface area contributed by atoms with E-state index in [1.165, 1.54) is 26.3 Å². The number of amides is 1. The van der Waals surface area contributed by atoms with Crippen LogP contribution in [0.2, 0.25) is 0 Å². The number of ether oxygens (including phenoxy) is 1. The Morgan fingerprint density at radius 1 is 1.13 bits per heavy atom. The van der Waals surface area contributed by atoms with E-state index in [-0.39, 0.29) is 22.1 Å². The minimum Gasteiger partial charge on any atom is -0.495 e. The van der Waals surface area contributed by atoms with Gasteiger partial charge in [0.25, 0.3) is 5.91 Å². The van der Waals surface area contributed by atoms with Gasteiger partial charge in [0.1, 0.15) is 10.6 Å². The Morgan fingerprint density at radius 2 is 1.80 bits per heavy atom. The number of nitrogens with one attached hydrogen (secondary N) is 1. The van der Waals surface area contributed by atoms with Crippen LogP contribution < -0.4 is 9.46 Å². The molecule has 2 aromatic carbocycles. The van der Waals surface area contributed by atoms with Gasteiger partial charge in [-0.1, -0.05) is 12.1 Å². The summed E-state index contributed by atoms with van der Waals surface area (Å²) < 4.78 is 32.1. The lowest BCUT2D eigenvalue weighted by atomic mass is 10.1. The van der Waals surface area contributed by atoms with Gasteiger partial charge in [-0.2, -0.15) is 5.26 Å². The summed E-state index contributed by atoms with van der Waals surface area (Å²) in [5.74, 6) is -0.135. The van der Waals surface area contributed by atoms with Gasteiger partial charge in [-0.3, -0.25) is 4.79 Å². The highest BCUT2D eigenvalue weighted by atomic mass is 32.2. The van der Waals surface area contributed by atoms with Crippen LogP contribution in [0.1, 0.15) is 21.5 Å².